The summed E-state index contributed by atoms with van der Waals surface area (Å²) in [7, 11) is 1.01. The fraction of sp³-hybridized carbons (Fsp3) is 0.500. The van der Waals surface area contributed by atoms with Crippen molar-refractivity contribution in [2.24, 2.45) is 0 Å². The van der Waals surface area contributed by atoms with Crippen LogP contribution in [0, 0.1) is 0 Å². The molecule has 5 N–H and O–H groups in total. The van der Waals surface area contributed by atoms with E-state index in [4.69, 9.17) is 14.2 Å². The number of carbonyl (C=O) groups excluding carboxylic acids is 1. The number of anilines is 4. The molecule has 0 bridgehead atoms. The summed E-state index contributed by atoms with van der Waals surface area (Å²) in [5.74, 6) is -0.930. The van der Waals surface area contributed by atoms with Gasteiger partial charge in [-0.1, -0.05) is 12.1 Å². The van der Waals surface area contributed by atoms with Crippen molar-refractivity contribution in [1.82, 2.24) is 14.9 Å². The van der Waals surface area contributed by atoms with Gasteiger partial charge in [0.25, 0.3) is 5.91 Å². The third-order valence-electron chi connectivity index (χ3n) is 9.77. The van der Waals surface area contributed by atoms with Crippen molar-refractivity contribution in [1.29, 1.82) is 0 Å². The number of rotatable bonds is 14. The van der Waals surface area contributed by atoms with Gasteiger partial charge in [-0.15, -0.1) is 0 Å². The van der Waals surface area contributed by atoms with Crippen LogP contribution >= 0.6 is 7.60 Å². The first-order valence-electron chi connectivity index (χ1n) is 16.4. The van der Waals surface area contributed by atoms with Crippen LogP contribution in [-0.2, 0) is 31.9 Å². The molecule has 1 amide bonds. The van der Waals surface area contributed by atoms with Gasteiger partial charge in [-0.25, -0.2) is 4.98 Å². The SMILES string of the molecule is COCCC(CCOC)(c1ccc(Nc2ncc(C(F)(F)F)c(Nc3ccc([C@H]4CC[C@H](O)CC4)c4c3C(=O)N(C)C4)n2)c(OC)c1)P(=O)(O)O. The molecule has 1 aliphatic carbocycles. The zero-order chi connectivity index (χ0) is 37.1. The predicted molar refractivity (Wildman–Crippen MR) is 183 cm³/mol. The number of hydrogen-bond donors (Lipinski definition) is 5. The van der Waals surface area contributed by atoms with Gasteiger partial charge in [0, 0.05) is 47.2 Å². The Morgan fingerprint density at radius 2 is 1.63 bits per heavy atom. The van der Waals surface area contributed by atoms with Gasteiger partial charge in [0.1, 0.15) is 22.3 Å². The smallest absolute Gasteiger partial charge is 0.421 e. The van der Waals surface area contributed by atoms with Crippen molar-refractivity contribution < 1.29 is 51.6 Å². The molecule has 2 aliphatic rings. The molecular formula is C34H43F3N5O8P. The molecule has 1 fully saturated rings. The van der Waals surface area contributed by atoms with Gasteiger partial charge in [-0.2, -0.15) is 18.2 Å². The van der Waals surface area contributed by atoms with E-state index in [1.807, 2.05) is 6.07 Å². The summed E-state index contributed by atoms with van der Waals surface area (Å²) in [6, 6.07) is 7.81. The summed E-state index contributed by atoms with van der Waals surface area (Å²) in [4.78, 5) is 43.9. The van der Waals surface area contributed by atoms with Crippen LogP contribution in [0.4, 0.5) is 36.3 Å². The number of amides is 1. The molecule has 0 atom stereocenters. The summed E-state index contributed by atoms with van der Waals surface area (Å²) < 4.78 is 71.6. The lowest BCUT2D eigenvalue weighted by atomic mass is 9.80. The molecule has 17 heteroatoms. The number of aliphatic hydroxyl groups excluding tert-OH is 1. The highest BCUT2D eigenvalue weighted by Gasteiger charge is 2.48. The van der Waals surface area contributed by atoms with Gasteiger partial charge in [0.15, 0.2) is 0 Å². The van der Waals surface area contributed by atoms with Crippen molar-refractivity contribution in [3.8, 4) is 5.75 Å². The Labute approximate surface area is 293 Å². The first kappa shape index (κ1) is 38.4. The van der Waals surface area contributed by atoms with Crippen molar-refractivity contribution >= 4 is 36.6 Å². The first-order chi connectivity index (χ1) is 24.1. The van der Waals surface area contributed by atoms with Crippen LogP contribution in [-0.4, -0.2) is 83.4 Å². The Bertz CT molecular complexity index is 1770. The Hall–Kier alpha value is -3.79. The van der Waals surface area contributed by atoms with E-state index in [1.54, 1.807) is 13.1 Å². The summed E-state index contributed by atoms with van der Waals surface area (Å²) in [6.07, 6.45) is -1.90. The second kappa shape index (κ2) is 15.4. The molecular weight excluding hydrogens is 694 g/mol. The molecule has 1 aliphatic heterocycles. The van der Waals surface area contributed by atoms with Gasteiger partial charge in [0.05, 0.1) is 30.2 Å². The van der Waals surface area contributed by atoms with Crippen molar-refractivity contribution in [3.63, 3.8) is 0 Å². The van der Waals surface area contributed by atoms with Crippen molar-refractivity contribution in [3.05, 3.63) is 64.3 Å². The van der Waals surface area contributed by atoms with E-state index in [-0.39, 0.29) is 78.2 Å². The molecule has 51 heavy (non-hydrogen) atoms. The number of halogens is 3. The number of ether oxygens (including phenoxy) is 3. The molecule has 5 rings (SSSR count). The molecule has 13 nitrogen and oxygen atoms in total. The molecule has 1 saturated carbocycles. The highest BCUT2D eigenvalue weighted by Crippen LogP contribution is 2.61. The van der Waals surface area contributed by atoms with Gasteiger partial charge in [0.2, 0.25) is 5.95 Å². The van der Waals surface area contributed by atoms with Crippen molar-refractivity contribution in [2.75, 3.05) is 52.2 Å². The minimum absolute atomic E-state index is 0.0309. The Morgan fingerprint density at radius 1 is 0.980 bits per heavy atom. The maximum Gasteiger partial charge on any atom is 0.421 e. The third kappa shape index (κ3) is 8.01. The van der Waals surface area contributed by atoms with Gasteiger partial charge >= 0.3 is 13.8 Å². The monoisotopic (exact) mass is 737 g/mol. The Morgan fingerprint density at radius 3 is 2.22 bits per heavy atom. The summed E-state index contributed by atoms with van der Waals surface area (Å²) >= 11 is 0. The number of fused-ring (bicyclic) bond motifs is 1. The maximum absolute atomic E-state index is 14.3. The molecule has 278 valence electrons. The first-order valence-corrected chi connectivity index (χ1v) is 18.0. The topological polar surface area (TPSA) is 176 Å². The molecule has 0 saturated heterocycles. The molecule has 0 unspecified atom stereocenters. The molecule has 3 aromatic rings. The highest BCUT2D eigenvalue weighted by molar-refractivity contribution is 7.53. The second-order valence-corrected chi connectivity index (χ2v) is 14.8. The fourth-order valence-corrected chi connectivity index (χ4v) is 8.18. The number of aromatic nitrogens is 2. The second-order valence-electron chi connectivity index (χ2n) is 12.9. The predicted octanol–water partition coefficient (Wildman–Crippen LogP) is 6.04. The number of aliphatic hydroxyl groups is 1. The highest BCUT2D eigenvalue weighted by atomic mass is 31.2. The zero-order valence-corrected chi connectivity index (χ0v) is 29.7. The van der Waals surface area contributed by atoms with Gasteiger partial charge in [-0.3, -0.25) is 9.36 Å². The molecule has 2 aromatic carbocycles. The van der Waals surface area contributed by atoms with E-state index in [0.717, 1.165) is 24.0 Å². The maximum atomic E-state index is 14.3. The van der Waals surface area contributed by atoms with Crippen LogP contribution in [0.3, 0.4) is 0 Å². The third-order valence-corrected chi connectivity index (χ3v) is 11.6. The molecule has 0 radical (unpaired) electrons. The standard InChI is InChI=1S/C34H43F3N5O8P/c1-42-19-24-23(20-5-8-22(43)9-6-20)10-12-27(29(24)31(42)44)39-30-25(34(35,36)37)18-38-32(41-30)40-26-11-7-21(17-28(26)50-4)33(13-15-48-2,14-16-49-3)51(45,46)47/h7,10-12,17-18,20,22,43H,5-6,8-9,13-16,19H2,1-4H3,(H2,45,46,47)(H2,38,39,40,41)/t20-,22-. The lowest BCUT2D eigenvalue weighted by Crippen LogP contribution is -2.30. The largest absolute Gasteiger partial charge is 0.495 e. The Balaban J connectivity index is 1.51. The van der Waals surface area contributed by atoms with Crippen LogP contribution in [0.15, 0.2) is 36.5 Å². The van der Waals surface area contributed by atoms with Crippen molar-refractivity contribution in [2.45, 2.75) is 68.4 Å². The normalized spacial score (nSPS) is 18.2. The minimum atomic E-state index is -4.84. The van der Waals surface area contributed by atoms with Gasteiger partial charge < -0.3 is 44.6 Å². The van der Waals surface area contributed by atoms with Crippen LogP contribution < -0.4 is 15.4 Å². The number of methoxy groups -OCH3 is 3. The number of alkyl halides is 3. The van der Waals surface area contributed by atoms with Crippen LogP contribution in [0.5, 0.6) is 5.75 Å². The van der Waals surface area contributed by atoms with E-state index < -0.39 is 30.3 Å². The minimum Gasteiger partial charge on any atom is -0.495 e. The average Bonchev–Trinajstić information content (AvgIpc) is 3.38. The van der Waals surface area contributed by atoms with E-state index in [1.165, 1.54) is 44.4 Å². The summed E-state index contributed by atoms with van der Waals surface area (Å²) in [5, 5.41) is 14.0. The van der Waals surface area contributed by atoms with E-state index in [2.05, 4.69) is 20.6 Å². The van der Waals surface area contributed by atoms with Crippen LogP contribution in [0.2, 0.25) is 0 Å². The van der Waals surface area contributed by atoms with E-state index in [0.29, 0.717) is 25.6 Å². The molecule has 0 spiro atoms. The number of hydrogen-bond acceptors (Lipinski definition) is 10. The van der Waals surface area contributed by atoms with Crippen LogP contribution in [0.1, 0.15) is 77.1 Å². The summed E-state index contributed by atoms with van der Waals surface area (Å²) in [6.45, 7) is 0.395. The quantitative estimate of drug-likeness (QED) is 0.122. The van der Waals surface area contributed by atoms with Crippen LogP contribution in [0.25, 0.3) is 0 Å². The zero-order valence-electron chi connectivity index (χ0n) is 28.8. The van der Waals surface area contributed by atoms with E-state index in [9.17, 15) is 37.4 Å². The number of benzene rings is 2. The molecule has 1 aromatic heterocycles. The lowest BCUT2D eigenvalue weighted by Gasteiger charge is -2.35. The summed E-state index contributed by atoms with van der Waals surface area (Å²) in [5.41, 5.74) is 1.43. The van der Waals surface area contributed by atoms with E-state index >= 15 is 0 Å². The number of nitrogens with zero attached hydrogens (tertiary/aromatic N) is 3. The molecule has 2 heterocycles. The van der Waals surface area contributed by atoms with Gasteiger partial charge in [-0.05, 0) is 79.3 Å². The number of nitrogens with one attached hydrogen (secondary N) is 2. The fourth-order valence-electron chi connectivity index (χ4n) is 6.94. The Kier molecular flexibility index (Phi) is 11.6. The number of carbonyl (C=O) groups is 1. The average molecular weight is 738 g/mol. The lowest BCUT2D eigenvalue weighted by molar-refractivity contribution is -0.137.